The predicted molar refractivity (Wildman–Crippen MR) is 98.3 cm³/mol. The minimum Gasteiger partial charge on any atom is -0.304 e. The molecule has 9 heteroatoms. The zero-order valence-corrected chi connectivity index (χ0v) is 15.6. The Bertz CT molecular complexity index is 966. The lowest BCUT2D eigenvalue weighted by atomic mass is 10.2. The van der Waals surface area contributed by atoms with Crippen LogP contribution in [0, 0.1) is 12.7 Å². The number of carbonyl (C=O) groups excluding carboxylic acids is 1. The lowest BCUT2D eigenvalue weighted by Gasteiger charge is -2.07. The second-order valence-electron chi connectivity index (χ2n) is 5.68. The summed E-state index contributed by atoms with van der Waals surface area (Å²) in [5, 5.41) is 11.7. The molecule has 0 radical (unpaired) electrons. The first-order chi connectivity index (χ1) is 12.4. The van der Waals surface area contributed by atoms with Gasteiger partial charge in [-0.15, -0.1) is 0 Å². The first-order valence-electron chi connectivity index (χ1n) is 7.90. The molecule has 3 aromatic rings. The molecule has 0 aliphatic rings. The molecule has 0 aliphatic heterocycles. The lowest BCUT2D eigenvalue weighted by molar-refractivity contribution is 0.101. The molecule has 0 aliphatic carbocycles. The summed E-state index contributed by atoms with van der Waals surface area (Å²) in [5.41, 5.74) is 1.82. The zero-order chi connectivity index (χ0) is 18.8. The molecule has 0 spiro atoms. The number of aryl methyl sites for hydroxylation is 2. The molecule has 0 unspecified atom stereocenters. The molecule has 1 amide bonds. The van der Waals surface area contributed by atoms with Gasteiger partial charge >= 0.3 is 0 Å². The first-order valence-corrected chi connectivity index (χ1v) is 8.65. The number of halogens is 3. The molecule has 136 valence electrons. The normalized spacial score (nSPS) is 11.0. The molecular formula is C17H16Cl2FN5O. The van der Waals surface area contributed by atoms with Crippen LogP contribution in [0.25, 0.3) is 0 Å². The summed E-state index contributed by atoms with van der Waals surface area (Å²) in [7, 11) is 0. The number of hydrogen-bond donors (Lipinski definition) is 1. The summed E-state index contributed by atoms with van der Waals surface area (Å²) in [4.78, 5) is 12.5. The lowest BCUT2D eigenvalue weighted by Crippen LogP contribution is -2.18. The van der Waals surface area contributed by atoms with Gasteiger partial charge in [0, 0.05) is 23.3 Å². The van der Waals surface area contributed by atoms with Gasteiger partial charge in [0.1, 0.15) is 11.5 Å². The highest BCUT2D eigenvalue weighted by atomic mass is 35.5. The smallest absolute Gasteiger partial charge is 0.276 e. The van der Waals surface area contributed by atoms with Gasteiger partial charge in [0.2, 0.25) is 0 Å². The van der Waals surface area contributed by atoms with Gasteiger partial charge in [0.25, 0.3) is 5.91 Å². The molecule has 26 heavy (non-hydrogen) atoms. The third-order valence-electron chi connectivity index (χ3n) is 3.87. The second-order valence-corrected chi connectivity index (χ2v) is 6.49. The van der Waals surface area contributed by atoms with Crippen LogP contribution in [0.5, 0.6) is 0 Å². The van der Waals surface area contributed by atoms with Crippen molar-refractivity contribution in [2.75, 3.05) is 5.32 Å². The maximum atomic E-state index is 13.2. The van der Waals surface area contributed by atoms with Crippen molar-refractivity contribution in [2.24, 2.45) is 0 Å². The number of amides is 1. The molecule has 0 atom stereocenters. The number of rotatable bonds is 5. The van der Waals surface area contributed by atoms with E-state index >= 15 is 0 Å². The van der Waals surface area contributed by atoms with E-state index < -0.39 is 5.82 Å². The van der Waals surface area contributed by atoms with Crippen molar-refractivity contribution in [1.82, 2.24) is 19.6 Å². The summed E-state index contributed by atoms with van der Waals surface area (Å²) >= 11 is 12.1. The van der Waals surface area contributed by atoms with Crippen molar-refractivity contribution in [1.29, 1.82) is 0 Å². The van der Waals surface area contributed by atoms with E-state index in [0.717, 1.165) is 11.3 Å². The Labute approximate surface area is 159 Å². The molecule has 0 fully saturated rings. The molecule has 0 bridgehead atoms. The van der Waals surface area contributed by atoms with Crippen LogP contribution in [0.1, 0.15) is 28.7 Å². The van der Waals surface area contributed by atoms with Crippen LogP contribution in [-0.4, -0.2) is 25.5 Å². The summed E-state index contributed by atoms with van der Waals surface area (Å²) in [5.74, 6) is -0.405. The second kappa shape index (κ2) is 7.47. The number of hydrogen-bond acceptors (Lipinski definition) is 3. The van der Waals surface area contributed by atoms with Gasteiger partial charge in [-0.25, -0.2) is 4.39 Å². The quantitative estimate of drug-likeness (QED) is 0.705. The highest BCUT2D eigenvalue weighted by molar-refractivity contribution is 6.34. The van der Waals surface area contributed by atoms with Gasteiger partial charge in [0.15, 0.2) is 5.82 Å². The molecule has 1 N–H and O–H groups in total. The fraction of sp³-hybridized carbons (Fsp3) is 0.235. The van der Waals surface area contributed by atoms with Crippen LogP contribution in [0.2, 0.25) is 10.0 Å². The molecule has 0 saturated carbocycles. The summed E-state index contributed by atoms with van der Waals surface area (Å²) < 4.78 is 16.4. The Morgan fingerprint density at radius 3 is 2.69 bits per heavy atom. The monoisotopic (exact) mass is 395 g/mol. The fourth-order valence-electron chi connectivity index (χ4n) is 2.55. The standard InChI is InChI=1S/C17H16Cl2FN5O/c1-3-24-16(14(19)8-21-24)17(26)22-15-6-10(2)25(23-15)9-11-4-5-12(20)7-13(11)18/h4-8H,3,9H2,1-2H3,(H,22,23,26). The SMILES string of the molecule is CCn1ncc(Cl)c1C(=O)Nc1cc(C)n(Cc2ccc(F)cc2Cl)n1. The number of nitrogens with one attached hydrogen (secondary N) is 1. The van der Waals surface area contributed by atoms with E-state index in [-0.39, 0.29) is 16.6 Å². The average Bonchev–Trinajstić information content (AvgIpc) is 3.12. The van der Waals surface area contributed by atoms with Gasteiger partial charge in [0.05, 0.1) is 17.8 Å². The first kappa shape index (κ1) is 18.4. The van der Waals surface area contributed by atoms with Gasteiger partial charge in [-0.05, 0) is 31.5 Å². The average molecular weight is 396 g/mol. The zero-order valence-electron chi connectivity index (χ0n) is 14.1. The van der Waals surface area contributed by atoms with E-state index in [1.807, 2.05) is 13.8 Å². The minimum absolute atomic E-state index is 0.276. The molecular weight excluding hydrogens is 380 g/mol. The van der Waals surface area contributed by atoms with Crippen LogP contribution in [0.3, 0.4) is 0 Å². The van der Waals surface area contributed by atoms with Crippen molar-refractivity contribution in [3.05, 3.63) is 63.3 Å². The van der Waals surface area contributed by atoms with Crippen LogP contribution in [0.4, 0.5) is 10.2 Å². The Morgan fingerprint density at radius 2 is 2.00 bits per heavy atom. The third-order valence-corrected chi connectivity index (χ3v) is 4.50. The number of aromatic nitrogens is 4. The minimum atomic E-state index is -0.395. The topological polar surface area (TPSA) is 64.7 Å². The maximum Gasteiger partial charge on any atom is 0.276 e. The predicted octanol–water partition coefficient (Wildman–Crippen LogP) is 4.15. The number of nitrogens with zero attached hydrogens (tertiary/aromatic N) is 4. The summed E-state index contributed by atoms with van der Waals surface area (Å²) in [6, 6.07) is 5.94. The largest absolute Gasteiger partial charge is 0.304 e. The van der Waals surface area contributed by atoms with Crippen molar-refractivity contribution >= 4 is 34.9 Å². The van der Waals surface area contributed by atoms with E-state index in [4.69, 9.17) is 23.2 Å². The van der Waals surface area contributed by atoms with Crippen LogP contribution >= 0.6 is 23.2 Å². The molecule has 1 aromatic carbocycles. The van der Waals surface area contributed by atoms with E-state index in [2.05, 4.69) is 15.5 Å². The Kier molecular flexibility index (Phi) is 5.29. The van der Waals surface area contributed by atoms with Crippen molar-refractivity contribution in [2.45, 2.75) is 26.9 Å². The summed E-state index contributed by atoms with van der Waals surface area (Å²) in [6.45, 7) is 4.59. The van der Waals surface area contributed by atoms with Crippen molar-refractivity contribution in [3.63, 3.8) is 0 Å². The van der Waals surface area contributed by atoms with E-state index in [9.17, 15) is 9.18 Å². The Balaban J connectivity index is 1.80. The maximum absolute atomic E-state index is 13.2. The number of benzene rings is 1. The van der Waals surface area contributed by atoms with Crippen LogP contribution < -0.4 is 5.32 Å². The van der Waals surface area contributed by atoms with E-state index in [1.54, 1.807) is 16.8 Å². The van der Waals surface area contributed by atoms with Gasteiger partial charge in [-0.1, -0.05) is 29.3 Å². The van der Waals surface area contributed by atoms with Crippen LogP contribution in [0.15, 0.2) is 30.5 Å². The van der Waals surface area contributed by atoms with Crippen molar-refractivity contribution < 1.29 is 9.18 Å². The molecule has 6 nitrogen and oxygen atoms in total. The van der Waals surface area contributed by atoms with E-state index in [0.29, 0.717) is 23.9 Å². The molecule has 2 heterocycles. The fourth-order valence-corrected chi connectivity index (χ4v) is 3.00. The number of carbonyl (C=O) groups is 1. The van der Waals surface area contributed by atoms with Gasteiger partial charge < -0.3 is 5.32 Å². The number of anilines is 1. The van der Waals surface area contributed by atoms with Gasteiger partial charge in [-0.3, -0.25) is 14.2 Å². The molecule has 3 rings (SSSR count). The van der Waals surface area contributed by atoms with E-state index in [1.165, 1.54) is 23.0 Å². The third kappa shape index (κ3) is 3.73. The highest BCUT2D eigenvalue weighted by Crippen LogP contribution is 2.21. The van der Waals surface area contributed by atoms with Crippen molar-refractivity contribution in [3.8, 4) is 0 Å². The highest BCUT2D eigenvalue weighted by Gasteiger charge is 2.18. The molecule has 2 aromatic heterocycles. The Morgan fingerprint density at radius 1 is 1.23 bits per heavy atom. The molecule has 0 saturated heterocycles. The Hall–Kier alpha value is -2.38. The van der Waals surface area contributed by atoms with Crippen LogP contribution in [-0.2, 0) is 13.1 Å². The summed E-state index contributed by atoms with van der Waals surface area (Å²) in [6.07, 6.45) is 1.43. The van der Waals surface area contributed by atoms with Gasteiger partial charge in [-0.2, -0.15) is 10.2 Å².